The second kappa shape index (κ2) is 12.6. The van der Waals surface area contributed by atoms with Crippen LogP contribution in [0.15, 0.2) is 218 Å². The Labute approximate surface area is 356 Å². The first-order chi connectivity index (χ1) is 30.8. The summed E-state index contributed by atoms with van der Waals surface area (Å²) in [6.45, 7) is 0. The molecule has 0 unspecified atom stereocenters. The first-order valence-corrected chi connectivity index (χ1v) is 21.4. The van der Waals surface area contributed by atoms with Gasteiger partial charge in [0.2, 0.25) is 0 Å². The average molecular weight is 789 g/mol. The molecular weight excluding hydrogens is 753 g/mol. The highest BCUT2D eigenvalue weighted by Crippen LogP contribution is 2.51. The van der Waals surface area contributed by atoms with Gasteiger partial charge in [-0.2, -0.15) is 0 Å². The third kappa shape index (κ3) is 4.40. The molecule has 0 aliphatic rings. The second-order valence-corrected chi connectivity index (χ2v) is 16.4. The molecular formula is C58H36N4. The molecule has 62 heavy (non-hydrogen) atoms. The molecule has 0 aliphatic carbocycles. The minimum absolute atomic E-state index is 1.13. The van der Waals surface area contributed by atoms with Crippen LogP contribution in [0.3, 0.4) is 0 Å². The molecule has 0 saturated carbocycles. The van der Waals surface area contributed by atoms with Gasteiger partial charge in [0.15, 0.2) is 0 Å². The van der Waals surface area contributed by atoms with Crippen molar-refractivity contribution in [2.45, 2.75) is 0 Å². The summed E-state index contributed by atoms with van der Waals surface area (Å²) in [5, 5.41) is 12.7. The summed E-state index contributed by atoms with van der Waals surface area (Å²) in [4.78, 5) is 4.82. The van der Waals surface area contributed by atoms with Crippen molar-refractivity contribution in [2.24, 2.45) is 0 Å². The van der Waals surface area contributed by atoms with E-state index in [0.29, 0.717) is 0 Å². The zero-order valence-electron chi connectivity index (χ0n) is 33.6. The van der Waals surface area contributed by atoms with Crippen LogP contribution in [0, 0.1) is 0 Å². The molecule has 4 aromatic heterocycles. The van der Waals surface area contributed by atoms with Crippen LogP contribution in [0.25, 0.3) is 87.0 Å². The van der Waals surface area contributed by atoms with Gasteiger partial charge in [0.25, 0.3) is 0 Å². The lowest BCUT2D eigenvalue weighted by atomic mass is 9.97. The molecule has 14 aromatic rings. The van der Waals surface area contributed by atoms with Crippen molar-refractivity contribution in [3.63, 3.8) is 0 Å². The Morgan fingerprint density at radius 2 is 0.548 bits per heavy atom. The van der Waals surface area contributed by atoms with Crippen LogP contribution in [-0.4, -0.2) is 8.80 Å². The SMILES string of the molecule is c1ccc(N(c2ccccc2)c2ccc3c4c5ccc6c(c5ccc4n4c5ccccc5c2c34)c2ccc(N(c3ccccc3)c3ccccc3)c3c4ccccc4n6c23)cc1. The van der Waals surface area contributed by atoms with Gasteiger partial charge >= 0.3 is 0 Å². The lowest BCUT2D eigenvalue weighted by Gasteiger charge is -2.26. The summed E-state index contributed by atoms with van der Waals surface area (Å²) in [5.74, 6) is 0. The third-order valence-corrected chi connectivity index (χ3v) is 13.3. The molecule has 4 nitrogen and oxygen atoms in total. The largest absolute Gasteiger partial charge is 0.310 e. The van der Waals surface area contributed by atoms with E-state index >= 15 is 0 Å². The Bertz CT molecular complexity index is 3680. The highest BCUT2D eigenvalue weighted by atomic mass is 15.2. The predicted octanol–water partition coefficient (Wildman–Crippen LogP) is 16.1. The van der Waals surface area contributed by atoms with Crippen molar-refractivity contribution >= 4 is 121 Å². The first-order valence-electron chi connectivity index (χ1n) is 21.4. The van der Waals surface area contributed by atoms with E-state index in [0.717, 1.165) is 22.7 Å². The van der Waals surface area contributed by atoms with Gasteiger partial charge in [-0.25, -0.2) is 0 Å². The molecule has 4 heteroatoms. The summed E-state index contributed by atoms with van der Waals surface area (Å²) < 4.78 is 5.04. The summed E-state index contributed by atoms with van der Waals surface area (Å²) in [5.41, 5.74) is 14.3. The van der Waals surface area contributed by atoms with E-state index in [4.69, 9.17) is 0 Å². The van der Waals surface area contributed by atoms with Crippen molar-refractivity contribution in [3.05, 3.63) is 218 Å². The molecule has 0 amide bonds. The van der Waals surface area contributed by atoms with E-state index in [1.807, 2.05) is 0 Å². The number of hydrogen-bond donors (Lipinski definition) is 0. The molecule has 0 atom stereocenters. The smallest absolute Gasteiger partial charge is 0.0641 e. The van der Waals surface area contributed by atoms with Gasteiger partial charge < -0.3 is 18.6 Å². The fourth-order valence-electron chi connectivity index (χ4n) is 10.9. The first kappa shape index (κ1) is 33.5. The Kier molecular flexibility index (Phi) is 6.80. The van der Waals surface area contributed by atoms with Crippen LogP contribution < -0.4 is 9.80 Å². The van der Waals surface area contributed by atoms with Crippen molar-refractivity contribution in [1.29, 1.82) is 0 Å². The molecule has 0 bridgehead atoms. The molecule has 0 radical (unpaired) electrons. The van der Waals surface area contributed by atoms with Crippen LogP contribution in [0.5, 0.6) is 0 Å². The molecule has 4 heterocycles. The van der Waals surface area contributed by atoms with Gasteiger partial charge in [-0.1, -0.05) is 133 Å². The molecule has 0 fully saturated rings. The van der Waals surface area contributed by atoms with E-state index in [1.54, 1.807) is 0 Å². The molecule has 0 saturated heterocycles. The number of aromatic nitrogens is 2. The monoisotopic (exact) mass is 788 g/mol. The van der Waals surface area contributed by atoms with Crippen LogP contribution in [-0.2, 0) is 0 Å². The lowest BCUT2D eigenvalue weighted by Crippen LogP contribution is -2.10. The minimum atomic E-state index is 1.13. The van der Waals surface area contributed by atoms with Crippen molar-refractivity contribution in [1.82, 2.24) is 8.80 Å². The van der Waals surface area contributed by atoms with E-state index in [2.05, 4.69) is 237 Å². The van der Waals surface area contributed by atoms with Gasteiger partial charge in [0, 0.05) is 65.8 Å². The zero-order chi connectivity index (χ0) is 40.5. The third-order valence-electron chi connectivity index (χ3n) is 13.3. The minimum Gasteiger partial charge on any atom is -0.310 e. The highest BCUT2D eigenvalue weighted by molar-refractivity contribution is 6.36. The summed E-state index contributed by atoms with van der Waals surface area (Å²) in [6, 6.07) is 79.8. The Morgan fingerprint density at radius 3 is 0.919 bits per heavy atom. The summed E-state index contributed by atoms with van der Waals surface area (Å²) in [6.07, 6.45) is 0. The van der Waals surface area contributed by atoms with Gasteiger partial charge in [0.1, 0.15) is 0 Å². The predicted molar refractivity (Wildman–Crippen MR) is 263 cm³/mol. The lowest BCUT2D eigenvalue weighted by molar-refractivity contribution is 1.30. The topological polar surface area (TPSA) is 15.3 Å². The molecule has 288 valence electrons. The number of nitrogens with zero attached hydrogens (tertiary/aromatic N) is 4. The molecule has 0 spiro atoms. The van der Waals surface area contributed by atoms with Crippen molar-refractivity contribution in [2.75, 3.05) is 9.80 Å². The number of benzene rings is 10. The molecule has 0 N–H and O–H groups in total. The van der Waals surface area contributed by atoms with E-state index in [1.165, 1.54) is 98.3 Å². The van der Waals surface area contributed by atoms with Crippen molar-refractivity contribution < 1.29 is 0 Å². The Balaban J connectivity index is 1.08. The Hall–Kier alpha value is -8.34. The fourth-order valence-corrected chi connectivity index (χ4v) is 10.9. The molecule has 14 rings (SSSR count). The highest BCUT2D eigenvalue weighted by Gasteiger charge is 2.27. The van der Waals surface area contributed by atoms with Gasteiger partial charge in [-0.3, -0.25) is 0 Å². The average Bonchev–Trinajstić information content (AvgIpc) is 4.08. The van der Waals surface area contributed by atoms with E-state index in [-0.39, 0.29) is 0 Å². The summed E-state index contributed by atoms with van der Waals surface area (Å²) >= 11 is 0. The van der Waals surface area contributed by atoms with Crippen LogP contribution >= 0.6 is 0 Å². The van der Waals surface area contributed by atoms with Crippen LogP contribution in [0.1, 0.15) is 0 Å². The number of fused-ring (bicyclic) bond motifs is 15. The zero-order valence-corrected chi connectivity index (χ0v) is 33.6. The van der Waals surface area contributed by atoms with E-state index in [9.17, 15) is 0 Å². The number of hydrogen-bond acceptors (Lipinski definition) is 2. The normalized spacial score (nSPS) is 12.2. The fraction of sp³-hybridized carbons (Fsp3) is 0. The van der Waals surface area contributed by atoms with E-state index < -0.39 is 0 Å². The number of anilines is 6. The van der Waals surface area contributed by atoms with Crippen molar-refractivity contribution in [3.8, 4) is 0 Å². The summed E-state index contributed by atoms with van der Waals surface area (Å²) in [7, 11) is 0. The Morgan fingerprint density at radius 1 is 0.226 bits per heavy atom. The quantitative estimate of drug-likeness (QED) is 0.167. The maximum atomic E-state index is 2.52. The number of para-hydroxylation sites is 6. The van der Waals surface area contributed by atoms with Gasteiger partial charge in [-0.05, 0) is 95.7 Å². The van der Waals surface area contributed by atoms with Crippen LogP contribution in [0.2, 0.25) is 0 Å². The van der Waals surface area contributed by atoms with Crippen LogP contribution in [0.4, 0.5) is 34.1 Å². The molecule has 0 aliphatic heterocycles. The maximum absolute atomic E-state index is 2.52. The molecule has 10 aromatic carbocycles. The van der Waals surface area contributed by atoms with Gasteiger partial charge in [-0.15, -0.1) is 0 Å². The maximum Gasteiger partial charge on any atom is 0.0641 e. The second-order valence-electron chi connectivity index (χ2n) is 16.4. The van der Waals surface area contributed by atoms with Gasteiger partial charge in [0.05, 0.1) is 44.5 Å². The number of rotatable bonds is 6. The standard InChI is InChI=1S/C58H36N4/c1-5-17-37(18-6-1)59(38-19-7-2-8-20-38)51-35-31-45-53-41-30-34-50-54(42(41)29-33-49(53)61-47-27-15-13-25-43(47)55(51)57(45)61)46-32-36-52(56-44-26-14-16-28-48(44)62(50)58(46)56)60(39-21-9-3-10-22-39)40-23-11-4-12-24-40/h1-36H.